The van der Waals surface area contributed by atoms with Crippen LogP contribution in [0, 0.1) is 24.2 Å². The van der Waals surface area contributed by atoms with E-state index in [2.05, 4.69) is 28.4 Å². The Morgan fingerprint density at radius 3 is 2.38 bits per heavy atom. The van der Waals surface area contributed by atoms with Crippen LogP contribution >= 0.6 is 0 Å². The third-order valence-corrected chi connectivity index (χ3v) is 2.13. The summed E-state index contributed by atoms with van der Waals surface area (Å²) in [5.41, 5.74) is -0.507. The minimum Gasteiger partial charge on any atom is -0.444 e. The summed E-state index contributed by atoms with van der Waals surface area (Å²) in [7, 11) is 0. The number of carbonyl (C=O) groups is 2. The van der Waals surface area contributed by atoms with Gasteiger partial charge in [0.15, 0.2) is 0 Å². The van der Waals surface area contributed by atoms with Crippen LogP contribution in [0.4, 0.5) is 4.79 Å². The highest BCUT2D eigenvalue weighted by molar-refractivity contribution is 5.93. The van der Waals surface area contributed by atoms with Crippen molar-refractivity contribution < 1.29 is 14.3 Å². The molecule has 0 aliphatic rings. The van der Waals surface area contributed by atoms with E-state index < -0.39 is 11.7 Å². The highest BCUT2D eigenvalue weighted by Crippen LogP contribution is 2.06. The van der Waals surface area contributed by atoms with Gasteiger partial charge in [0.25, 0.3) is 5.91 Å². The molecule has 21 heavy (non-hydrogen) atoms. The van der Waals surface area contributed by atoms with E-state index in [1.807, 2.05) is 0 Å². The highest BCUT2D eigenvalue weighted by Gasteiger charge is 2.15. The topological polar surface area (TPSA) is 67.4 Å². The van der Waals surface area contributed by atoms with Crippen LogP contribution in [0.3, 0.4) is 0 Å². The van der Waals surface area contributed by atoms with Gasteiger partial charge in [-0.25, -0.2) is 4.79 Å². The number of amides is 2. The molecule has 0 bridgehead atoms. The number of rotatable bonds is 6. The number of ether oxygens (including phenoxy) is 1. The van der Waals surface area contributed by atoms with E-state index >= 15 is 0 Å². The van der Waals surface area contributed by atoms with E-state index in [0.29, 0.717) is 32.4 Å². The SMILES string of the molecule is C#CCCCC#CC(=O)NCCCNC(=O)OC(C)(C)C. The molecule has 2 amide bonds. The second-order valence-corrected chi connectivity index (χ2v) is 5.40. The van der Waals surface area contributed by atoms with Crippen LogP contribution in [0.25, 0.3) is 0 Å². The van der Waals surface area contributed by atoms with E-state index in [1.165, 1.54) is 0 Å². The van der Waals surface area contributed by atoms with Gasteiger partial charge in [0.1, 0.15) is 5.60 Å². The number of carbonyl (C=O) groups excluding carboxylic acids is 2. The van der Waals surface area contributed by atoms with Gasteiger partial charge in [-0.05, 0) is 39.5 Å². The predicted molar refractivity (Wildman–Crippen MR) is 82.3 cm³/mol. The maximum atomic E-state index is 11.3. The molecule has 0 saturated heterocycles. The summed E-state index contributed by atoms with van der Waals surface area (Å²) in [5, 5.41) is 5.26. The molecule has 0 aromatic heterocycles. The van der Waals surface area contributed by atoms with Crippen LogP contribution in [-0.4, -0.2) is 30.7 Å². The smallest absolute Gasteiger partial charge is 0.407 e. The van der Waals surface area contributed by atoms with Crippen molar-refractivity contribution in [3.8, 4) is 24.2 Å². The largest absolute Gasteiger partial charge is 0.444 e. The zero-order valence-corrected chi connectivity index (χ0v) is 13.0. The predicted octanol–water partition coefficient (Wildman–Crippen LogP) is 1.82. The Labute approximate surface area is 127 Å². The summed E-state index contributed by atoms with van der Waals surface area (Å²) in [6, 6.07) is 0. The molecule has 116 valence electrons. The normalized spacial score (nSPS) is 9.81. The average Bonchev–Trinajstić information content (AvgIpc) is 2.36. The molecular formula is C16H24N2O3. The first-order valence-electron chi connectivity index (χ1n) is 7.02. The fourth-order valence-electron chi connectivity index (χ4n) is 1.26. The van der Waals surface area contributed by atoms with Gasteiger partial charge in [-0.15, -0.1) is 12.3 Å². The van der Waals surface area contributed by atoms with Gasteiger partial charge in [0.2, 0.25) is 0 Å². The van der Waals surface area contributed by atoms with Crippen molar-refractivity contribution in [2.75, 3.05) is 13.1 Å². The summed E-state index contributed by atoms with van der Waals surface area (Å²) < 4.78 is 5.08. The Morgan fingerprint density at radius 1 is 1.10 bits per heavy atom. The number of alkyl carbamates (subject to hydrolysis) is 1. The molecule has 5 heteroatoms. The van der Waals surface area contributed by atoms with Crippen molar-refractivity contribution in [1.29, 1.82) is 0 Å². The third kappa shape index (κ3) is 14.1. The maximum Gasteiger partial charge on any atom is 0.407 e. The van der Waals surface area contributed by atoms with Crippen LogP contribution in [0.1, 0.15) is 46.5 Å². The van der Waals surface area contributed by atoms with Crippen molar-refractivity contribution in [2.24, 2.45) is 0 Å². The Kier molecular flexibility index (Phi) is 9.54. The maximum absolute atomic E-state index is 11.3. The van der Waals surface area contributed by atoms with Gasteiger partial charge in [-0.1, -0.05) is 5.92 Å². The Balaban J connectivity index is 3.61. The first-order chi connectivity index (χ1) is 9.85. The van der Waals surface area contributed by atoms with Crippen molar-refractivity contribution in [3.05, 3.63) is 0 Å². The molecule has 0 heterocycles. The van der Waals surface area contributed by atoms with E-state index in [9.17, 15) is 9.59 Å². The van der Waals surface area contributed by atoms with Crippen molar-refractivity contribution >= 4 is 12.0 Å². The Hall–Kier alpha value is -2.14. The zero-order valence-electron chi connectivity index (χ0n) is 13.0. The van der Waals surface area contributed by atoms with Gasteiger partial charge >= 0.3 is 6.09 Å². The standard InChI is InChI=1S/C16H24N2O3/c1-5-6-7-8-9-11-14(19)17-12-10-13-18-15(20)21-16(2,3)4/h1H,6-8,10,12-13H2,2-4H3,(H,17,19)(H,18,20). The van der Waals surface area contributed by atoms with Gasteiger partial charge in [-0.2, -0.15) is 0 Å². The molecule has 0 atom stereocenters. The van der Waals surface area contributed by atoms with Crippen molar-refractivity contribution in [1.82, 2.24) is 10.6 Å². The fourth-order valence-corrected chi connectivity index (χ4v) is 1.26. The average molecular weight is 292 g/mol. The zero-order chi connectivity index (χ0) is 16.1. The Morgan fingerprint density at radius 2 is 1.76 bits per heavy atom. The molecule has 0 aromatic rings. The van der Waals surface area contributed by atoms with Crippen LogP contribution in [0.15, 0.2) is 0 Å². The number of nitrogens with one attached hydrogen (secondary N) is 2. The second-order valence-electron chi connectivity index (χ2n) is 5.40. The first-order valence-corrected chi connectivity index (χ1v) is 7.02. The van der Waals surface area contributed by atoms with Crippen LogP contribution in [0.2, 0.25) is 0 Å². The molecule has 0 aromatic carbocycles. The second kappa shape index (κ2) is 10.6. The van der Waals surface area contributed by atoms with E-state index in [1.54, 1.807) is 20.8 Å². The molecule has 0 aliphatic carbocycles. The van der Waals surface area contributed by atoms with E-state index in [-0.39, 0.29) is 5.91 Å². The molecule has 0 rings (SSSR count). The molecular weight excluding hydrogens is 268 g/mol. The van der Waals surface area contributed by atoms with Gasteiger partial charge < -0.3 is 15.4 Å². The van der Waals surface area contributed by atoms with Gasteiger partial charge in [0, 0.05) is 25.9 Å². The van der Waals surface area contributed by atoms with Crippen LogP contribution in [-0.2, 0) is 9.53 Å². The lowest BCUT2D eigenvalue weighted by atomic mass is 10.2. The minimum absolute atomic E-state index is 0.312. The molecule has 0 saturated carbocycles. The lowest BCUT2D eigenvalue weighted by Gasteiger charge is -2.19. The minimum atomic E-state index is -0.507. The summed E-state index contributed by atoms with van der Waals surface area (Å²) in [4.78, 5) is 22.6. The molecule has 0 spiro atoms. The first kappa shape index (κ1) is 18.9. The number of terminal acetylenes is 1. The molecule has 0 unspecified atom stereocenters. The molecule has 0 fully saturated rings. The summed E-state index contributed by atoms with van der Waals surface area (Å²) in [5.74, 6) is 7.45. The number of hydrogen-bond donors (Lipinski definition) is 2. The lowest BCUT2D eigenvalue weighted by molar-refractivity contribution is -0.115. The molecule has 5 nitrogen and oxygen atoms in total. The van der Waals surface area contributed by atoms with Gasteiger partial charge in [0.05, 0.1) is 0 Å². The highest BCUT2D eigenvalue weighted by atomic mass is 16.6. The van der Waals surface area contributed by atoms with E-state index in [4.69, 9.17) is 11.2 Å². The molecule has 0 radical (unpaired) electrons. The molecule has 0 aliphatic heterocycles. The summed E-state index contributed by atoms with van der Waals surface area (Å²) in [6.07, 6.45) is 7.36. The summed E-state index contributed by atoms with van der Waals surface area (Å²) >= 11 is 0. The monoisotopic (exact) mass is 292 g/mol. The Bertz CT molecular complexity index is 433. The van der Waals surface area contributed by atoms with Gasteiger partial charge in [-0.3, -0.25) is 4.79 Å². The van der Waals surface area contributed by atoms with E-state index in [0.717, 1.165) is 6.42 Å². The lowest BCUT2D eigenvalue weighted by Crippen LogP contribution is -2.34. The van der Waals surface area contributed by atoms with Crippen molar-refractivity contribution in [2.45, 2.75) is 52.1 Å². The van der Waals surface area contributed by atoms with Crippen LogP contribution < -0.4 is 10.6 Å². The third-order valence-electron chi connectivity index (χ3n) is 2.13. The number of unbranched alkanes of at least 4 members (excludes halogenated alkanes) is 2. The van der Waals surface area contributed by atoms with Crippen molar-refractivity contribution in [3.63, 3.8) is 0 Å². The quantitative estimate of drug-likeness (QED) is 0.579. The van der Waals surface area contributed by atoms with Crippen LogP contribution in [0.5, 0.6) is 0 Å². The molecule has 2 N–H and O–H groups in total. The fraction of sp³-hybridized carbons (Fsp3) is 0.625. The summed E-state index contributed by atoms with van der Waals surface area (Å²) in [6.45, 7) is 6.29. The number of hydrogen-bond acceptors (Lipinski definition) is 3.